The third-order valence-corrected chi connectivity index (χ3v) is 2.27. The Morgan fingerprint density at radius 1 is 1.18 bits per heavy atom. The standard InChI is InChI=1S/C13H11N3O/c1-9-5-6-12(10(2)16-9)17-13-4-3-7-15-11(13)8-14/h3-7H,1-2H3. The van der Waals surface area contributed by atoms with Crippen LogP contribution in [0.2, 0.25) is 0 Å². The Bertz CT molecular complexity index is 587. The van der Waals surface area contributed by atoms with Crippen LogP contribution in [0.3, 0.4) is 0 Å². The highest BCUT2D eigenvalue weighted by molar-refractivity contribution is 5.41. The van der Waals surface area contributed by atoms with Crippen molar-refractivity contribution in [2.24, 2.45) is 0 Å². The molecule has 4 heteroatoms. The van der Waals surface area contributed by atoms with Gasteiger partial charge in [-0.1, -0.05) is 0 Å². The van der Waals surface area contributed by atoms with Crippen LogP contribution in [0.25, 0.3) is 0 Å². The lowest BCUT2D eigenvalue weighted by Crippen LogP contribution is -1.95. The summed E-state index contributed by atoms with van der Waals surface area (Å²) in [5, 5.41) is 8.90. The molecule has 0 bridgehead atoms. The van der Waals surface area contributed by atoms with E-state index in [9.17, 15) is 0 Å². The van der Waals surface area contributed by atoms with Crippen molar-refractivity contribution in [2.75, 3.05) is 0 Å². The molecule has 0 radical (unpaired) electrons. The Kier molecular flexibility index (Phi) is 3.01. The molecule has 2 aromatic heterocycles. The van der Waals surface area contributed by atoms with Crippen molar-refractivity contribution in [2.45, 2.75) is 13.8 Å². The molecule has 2 rings (SSSR count). The minimum Gasteiger partial charge on any atom is -0.452 e. The van der Waals surface area contributed by atoms with Crippen molar-refractivity contribution in [3.8, 4) is 17.6 Å². The van der Waals surface area contributed by atoms with E-state index in [1.54, 1.807) is 18.3 Å². The Morgan fingerprint density at radius 3 is 2.71 bits per heavy atom. The van der Waals surface area contributed by atoms with E-state index >= 15 is 0 Å². The number of hydrogen-bond donors (Lipinski definition) is 0. The molecule has 0 aliphatic carbocycles. The van der Waals surface area contributed by atoms with Crippen LogP contribution in [0.4, 0.5) is 0 Å². The largest absolute Gasteiger partial charge is 0.452 e. The summed E-state index contributed by atoms with van der Waals surface area (Å²) < 4.78 is 5.64. The number of hydrogen-bond acceptors (Lipinski definition) is 4. The first-order valence-electron chi connectivity index (χ1n) is 5.18. The first kappa shape index (κ1) is 11.1. The first-order valence-corrected chi connectivity index (χ1v) is 5.18. The van der Waals surface area contributed by atoms with E-state index in [-0.39, 0.29) is 5.69 Å². The van der Waals surface area contributed by atoms with Gasteiger partial charge in [-0.15, -0.1) is 0 Å². The maximum atomic E-state index is 8.90. The Balaban J connectivity index is 2.35. The normalized spacial score (nSPS) is 9.71. The predicted molar refractivity (Wildman–Crippen MR) is 62.7 cm³/mol. The fourth-order valence-electron chi connectivity index (χ4n) is 1.46. The number of nitriles is 1. The molecular formula is C13H11N3O. The quantitative estimate of drug-likeness (QED) is 0.788. The van der Waals surface area contributed by atoms with Crippen molar-refractivity contribution >= 4 is 0 Å². The smallest absolute Gasteiger partial charge is 0.183 e. The number of ether oxygens (including phenoxy) is 1. The third kappa shape index (κ3) is 2.40. The van der Waals surface area contributed by atoms with Gasteiger partial charge in [0.2, 0.25) is 0 Å². The summed E-state index contributed by atoms with van der Waals surface area (Å²) in [4.78, 5) is 8.23. The Labute approximate surface area is 99.5 Å². The summed E-state index contributed by atoms with van der Waals surface area (Å²) in [5.41, 5.74) is 1.99. The van der Waals surface area contributed by atoms with E-state index in [2.05, 4.69) is 9.97 Å². The second kappa shape index (κ2) is 4.62. The molecule has 4 nitrogen and oxygen atoms in total. The molecule has 0 saturated carbocycles. The summed E-state index contributed by atoms with van der Waals surface area (Å²) in [6, 6.07) is 9.14. The van der Waals surface area contributed by atoms with Crippen molar-refractivity contribution < 1.29 is 4.74 Å². The van der Waals surface area contributed by atoms with Gasteiger partial charge >= 0.3 is 0 Å². The highest BCUT2D eigenvalue weighted by Gasteiger charge is 2.07. The van der Waals surface area contributed by atoms with Gasteiger partial charge in [-0.3, -0.25) is 4.98 Å². The van der Waals surface area contributed by atoms with E-state index in [0.717, 1.165) is 11.4 Å². The van der Waals surface area contributed by atoms with E-state index in [4.69, 9.17) is 10.00 Å². The molecule has 0 fully saturated rings. The lowest BCUT2D eigenvalue weighted by molar-refractivity contribution is 0.471. The first-order chi connectivity index (χ1) is 8.20. The number of rotatable bonds is 2. The maximum absolute atomic E-state index is 8.90. The van der Waals surface area contributed by atoms with Gasteiger partial charge in [-0.2, -0.15) is 5.26 Å². The zero-order valence-electron chi connectivity index (χ0n) is 9.64. The topological polar surface area (TPSA) is 58.8 Å². The zero-order chi connectivity index (χ0) is 12.3. The van der Waals surface area contributed by atoms with Crippen LogP contribution in [0.15, 0.2) is 30.5 Å². The molecule has 2 heterocycles. The summed E-state index contributed by atoms with van der Waals surface area (Å²) >= 11 is 0. The number of aryl methyl sites for hydroxylation is 2. The predicted octanol–water partition coefficient (Wildman–Crippen LogP) is 2.76. The highest BCUT2D eigenvalue weighted by atomic mass is 16.5. The summed E-state index contributed by atoms with van der Waals surface area (Å²) in [7, 11) is 0. The monoisotopic (exact) mass is 225 g/mol. The molecule has 0 aliphatic rings. The number of pyridine rings is 2. The molecule has 2 aromatic rings. The summed E-state index contributed by atoms with van der Waals surface area (Å²) in [6.07, 6.45) is 1.56. The van der Waals surface area contributed by atoms with Gasteiger partial charge in [0.15, 0.2) is 11.4 Å². The van der Waals surface area contributed by atoms with Gasteiger partial charge in [-0.25, -0.2) is 4.98 Å². The van der Waals surface area contributed by atoms with Crippen LogP contribution in [0.5, 0.6) is 11.5 Å². The molecule has 0 unspecified atom stereocenters. The molecular weight excluding hydrogens is 214 g/mol. The number of aromatic nitrogens is 2. The number of nitrogens with zero attached hydrogens (tertiary/aromatic N) is 3. The van der Waals surface area contributed by atoms with Gasteiger partial charge in [0, 0.05) is 11.9 Å². The molecule has 0 saturated heterocycles. The molecule has 0 N–H and O–H groups in total. The van der Waals surface area contributed by atoms with Gasteiger partial charge in [-0.05, 0) is 38.1 Å². The lowest BCUT2D eigenvalue weighted by Gasteiger charge is -2.08. The molecule has 0 amide bonds. The molecule has 17 heavy (non-hydrogen) atoms. The van der Waals surface area contributed by atoms with Crippen molar-refractivity contribution in [3.63, 3.8) is 0 Å². The van der Waals surface area contributed by atoms with Crippen molar-refractivity contribution in [1.82, 2.24) is 9.97 Å². The minimum absolute atomic E-state index is 0.271. The van der Waals surface area contributed by atoms with Gasteiger partial charge in [0.05, 0.1) is 5.69 Å². The van der Waals surface area contributed by atoms with Gasteiger partial charge in [0.25, 0.3) is 0 Å². The zero-order valence-corrected chi connectivity index (χ0v) is 9.64. The van der Waals surface area contributed by atoms with Crippen LogP contribution in [0, 0.1) is 25.2 Å². The Hall–Kier alpha value is -2.41. The summed E-state index contributed by atoms with van der Waals surface area (Å²) in [5.74, 6) is 1.09. The lowest BCUT2D eigenvalue weighted by atomic mass is 10.3. The molecule has 0 aliphatic heterocycles. The van der Waals surface area contributed by atoms with Crippen LogP contribution >= 0.6 is 0 Å². The molecule has 84 valence electrons. The fraction of sp³-hybridized carbons (Fsp3) is 0.154. The van der Waals surface area contributed by atoms with Crippen molar-refractivity contribution in [1.29, 1.82) is 5.26 Å². The SMILES string of the molecule is Cc1ccc(Oc2cccnc2C#N)c(C)n1. The second-order valence-corrected chi connectivity index (χ2v) is 3.60. The van der Waals surface area contributed by atoms with Crippen LogP contribution in [-0.2, 0) is 0 Å². The second-order valence-electron chi connectivity index (χ2n) is 3.60. The minimum atomic E-state index is 0.271. The highest BCUT2D eigenvalue weighted by Crippen LogP contribution is 2.25. The van der Waals surface area contributed by atoms with Gasteiger partial charge in [0.1, 0.15) is 11.8 Å². The average molecular weight is 225 g/mol. The van der Waals surface area contributed by atoms with E-state index in [0.29, 0.717) is 11.5 Å². The third-order valence-electron chi connectivity index (χ3n) is 2.27. The Morgan fingerprint density at radius 2 is 2.00 bits per heavy atom. The molecule has 0 aromatic carbocycles. The fourth-order valence-corrected chi connectivity index (χ4v) is 1.46. The van der Waals surface area contributed by atoms with Crippen LogP contribution in [0.1, 0.15) is 17.1 Å². The van der Waals surface area contributed by atoms with E-state index < -0.39 is 0 Å². The maximum Gasteiger partial charge on any atom is 0.183 e. The summed E-state index contributed by atoms with van der Waals surface area (Å²) in [6.45, 7) is 3.78. The van der Waals surface area contributed by atoms with Crippen molar-refractivity contribution in [3.05, 3.63) is 47.5 Å². The van der Waals surface area contributed by atoms with Gasteiger partial charge < -0.3 is 4.74 Å². The van der Waals surface area contributed by atoms with Crippen LogP contribution in [-0.4, -0.2) is 9.97 Å². The molecule has 0 atom stereocenters. The van der Waals surface area contributed by atoms with E-state index in [1.807, 2.05) is 32.0 Å². The van der Waals surface area contributed by atoms with E-state index in [1.165, 1.54) is 0 Å². The average Bonchev–Trinajstić information content (AvgIpc) is 2.33. The molecule has 0 spiro atoms. The van der Waals surface area contributed by atoms with Crippen LogP contribution < -0.4 is 4.74 Å².